The summed E-state index contributed by atoms with van der Waals surface area (Å²) in [6.07, 6.45) is 3.68. The molecule has 2 heterocycles. The van der Waals surface area contributed by atoms with E-state index in [2.05, 4.69) is 9.88 Å². The zero-order valence-electron chi connectivity index (χ0n) is 14.2. The number of piperidine rings is 1. The summed E-state index contributed by atoms with van der Waals surface area (Å²) in [4.78, 5) is 28.5. The van der Waals surface area contributed by atoms with E-state index in [0.29, 0.717) is 23.8 Å². The molecule has 0 amide bonds. The maximum atomic E-state index is 11.9. The summed E-state index contributed by atoms with van der Waals surface area (Å²) in [5.74, 6) is -0.283. The van der Waals surface area contributed by atoms with E-state index in [1.165, 1.54) is 7.11 Å². The van der Waals surface area contributed by atoms with Crippen LogP contribution in [0.5, 0.6) is 5.75 Å². The Bertz CT molecular complexity index is 815. The predicted octanol–water partition coefficient (Wildman–Crippen LogP) is 2.46. The van der Waals surface area contributed by atoms with E-state index >= 15 is 0 Å². The molecular weight excluding hydrogens is 320 g/mol. The van der Waals surface area contributed by atoms with Crippen LogP contribution < -0.4 is 10.2 Å². The third kappa shape index (κ3) is 4.09. The number of rotatable bonds is 5. The number of aromatic amines is 1. The predicted molar refractivity (Wildman–Crippen MR) is 94.3 cm³/mol. The Kier molecular flexibility index (Phi) is 5.19. The summed E-state index contributed by atoms with van der Waals surface area (Å²) in [6.45, 7) is 2.47. The topological polar surface area (TPSA) is 82.6 Å². The fraction of sp³-hybridized carbons (Fsp3) is 0.368. The van der Waals surface area contributed by atoms with Crippen LogP contribution in [-0.2, 0) is 6.54 Å². The van der Waals surface area contributed by atoms with Gasteiger partial charge in [-0.05, 0) is 43.0 Å². The van der Waals surface area contributed by atoms with E-state index in [1.54, 1.807) is 30.5 Å². The number of aromatic nitrogens is 1. The average Bonchev–Trinajstić information content (AvgIpc) is 2.62. The normalized spacial score (nSPS) is 18.0. The number of likely N-dealkylation sites (tertiary alicyclic amines) is 1. The van der Waals surface area contributed by atoms with E-state index in [0.717, 1.165) is 37.2 Å². The lowest BCUT2D eigenvalue weighted by atomic mass is 9.89. The van der Waals surface area contributed by atoms with Crippen molar-refractivity contribution in [1.82, 2.24) is 9.88 Å². The first-order valence-corrected chi connectivity index (χ1v) is 8.38. The number of ether oxygens (including phenoxy) is 1. The molecule has 2 N–H and O–H groups in total. The van der Waals surface area contributed by atoms with E-state index in [4.69, 9.17) is 9.84 Å². The maximum Gasteiger partial charge on any atom is 0.335 e. The van der Waals surface area contributed by atoms with Gasteiger partial charge in [0.25, 0.3) is 0 Å². The standard InChI is InChI=1S/C19H22N2O4/c1-25-18-10-20-16(9-17(18)22)12-21-7-3-6-15(11-21)13-4-2-5-14(8-13)19(23)24/h2,4-5,8-10,15H,3,6-7,11-12H2,1H3,(H,20,22)(H,23,24)/t15-/m1/s1. The minimum Gasteiger partial charge on any atom is -0.491 e. The monoisotopic (exact) mass is 342 g/mol. The molecule has 0 saturated carbocycles. The first-order chi connectivity index (χ1) is 12.1. The van der Waals surface area contributed by atoms with Crippen molar-refractivity contribution in [3.8, 4) is 5.75 Å². The first kappa shape index (κ1) is 17.2. The van der Waals surface area contributed by atoms with Crippen molar-refractivity contribution in [2.75, 3.05) is 20.2 Å². The molecule has 1 fully saturated rings. The van der Waals surface area contributed by atoms with Crippen molar-refractivity contribution in [2.24, 2.45) is 0 Å². The largest absolute Gasteiger partial charge is 0.491 e. The van der Waals surface area contributed by atoms with Gasteiger partial charge in [-0.2, -0.15) is 0 Å². The quantitative estimate of drug-likeness (QED) is 0.872. The zero-order chi connectivity index (χ0) is 17.8. The number of H-pyrrole nitrogens is 1. The number of carboxylic acid groups (broad SMARTS) is 1. The van der Waals surface area contributed by atoms with Crippen LogP contribution in [0.3, 0.4) is 0 Å². The van der Waals surface area contributed by atoms with E-state index in [-0.39, 0.29) is 5.43 Å². The van der Waals surface area contributed by atoms with Crippen LogP contribution in [0.15, 0.2) is 41.3 Å². The van der Waals surface area contributed by atoms with Crippen molar-refractivity contribution in [1.29, 1.82) is 0 Å². The molecule has 1 aliphatic heterocycles. The Balaban J connectivity index is 1.71. The summed E-state index contributed by atoms with van der Waals surface area (Å²) in [5, 5.41) is 9.17. The molecule has 1 aliphatic rings. The number of hydrogen-bond acceptors (Lipinski definition) is 4. The molecule has 6 nitrogen and oxygen atoms in total. The number of pyridine rings is 1. The minimum absolute atomic E-state index is 0.126. The van der Waals surface area contributed by atoms with E-state index in [9.17, 15) is 9.59 Å². The molecule has 1 saturated heterocycles. The molecule has 2 aromatic rings. The number of nitrogens with zero attached hydrogens (tertiary/aromatic N) is 1. The number of hydrogen-bond donors (Lipinski definition) is 2. The van der Waals surface area contributed by atoms with Gasteiger partial charge in [0, 0.05) is 31.0 Å². The molecule has 1 aromatic heterocycles. The lowest BCUT2D eigenvalue weighted by Gasteiger charge is -2.33. The van der Waals surface area contributed by atoms with Gasteiger partial charge in [-0.25, -0.2) is 4.79 Å². The Morgan fingerprint density at radius 1 is 1.40 bits per heavy atom. The van der Waals surface area contributed by atoms with Gasteiger partial charge in [-0.15, -0.1) is 0 Å². The van der Waals surface area contributed by atoms with Crippen LogP contribution in [0, 0.1) is 0 Å². The molecule has 25 heavy (non-hydrogen) atoms. The second-order valence-electron chi connectivity index (χ2n) is 6.40. The molecule has 132 valence electrons. The molecule has 0 bridgehead atoms. The van der Waals surface area contributed by atoms with Crippen molar-refractivity contribution in [3.63, 3.8) is 0 Å². The van der Waals surface area contributed by atoms with Gasteiger partial charge in [0.2, 0.25) is 5.43 Å². The molecule has 0 spiro atoms. The Morgan fingerprint density at radius 2 is 2.24 bits per heavy atom. The third-order valence-corrected chi connectivity index (χ3v) is 4.66. The molecule has 1 atom stereocenters. The molecule has 1 aromatic carbocycles. The molecule has 6 heteroatoms. The minimum atomic E-state index is -0.898. The summed E-state index contributed by atoms with van der Waals surface area (Å²) in [6, 6.07) is 8.77. The fourth-order valence-corrected chi connectivity index (χ4v) is 3.39. The van der Waals surface area contributed by atoms with Crippen molar-refractivity contribution < 1.29 is 14.6 Å². The zero-order valence-corrected chi connectivity index (χ0v) is 14.2. The highest BCUT2D eigenvalue weighted by molar-refractivity contribution is 5.87. The highest BCUT2D eigenvalue weighted by Crippen LogP contribution is 2.28. The lowest BCUT2D eigenvalue weighted by Crippen LogP contribution is -2.34. The number of carboxylic acids is 1. The van der Waals surface area contributed by atoms with E-state index in [1.807, 2.05) is 6.07 Å². The van der Waals surface area contributed by atoms with Crippen LogP contribution in [-0.4, -0.2) is 41.2 Å². The van der Waals surface area contributed by atoms with Gasteiger partial charge in [0.05, 0.1) is 12.7 Å². The van der Waals surface area contributed by atoms with Gasteiger partial charge in [0.15, 0.2) is 5.75 Å². The molecule has 0 unspecified atom stereocenters. The Hall–Kier alpha value is -2.60. The van der Waals surface area contributed by atoms with Gasteiger partial charge in [-0.3, -0.25) is 9.69 Å². The molecule has 0 aliphatic carbocycles. The summed E-state index contributed by atoms with van der Waals surface area (Å²) >= 11 is 0. The molecule has 0 radical (unpaired) electrons. The van der Waals surface area contributed by atoms with Crippen molar-refractivity contribution in [2.45, 2.75) is 25.3 Å². The van der Waals surface area contributed by atoms with Gasteiger partial charge in [-0.1, -0.05) is 12.1 Å². The highest BCUT2D eigenvalue weighted by Gasteiger charge is 2.22. The summed E-state index contributed by atoms with van der Waals surface area (Å²) in [5.41, 5.74) is 2.12. The Morgan fingerprint density at radius 3 is 2.96 bits per heavy atom. The lowest BCUT2D eigenvalue weighted by molar-refractivity contribution is 0.0696. The third-order valence-electron chi connectivity index (χ3n) is 4.66. The van der Waals surface area contributed by atoms with Gasteiger partial charge < -0.3 is 14.8 Å². The Labute approximate surface area is 146 Å². The van der Waals surface area contributed by atoms with Crippen LogP contribution >= 0.6 is 0 Å². The number of carbonyl (C=O) groups is 1. The van der Waals surface area contributed by atoms with Gasteiger partial charge in [0.1, 0.15) is 0 Å². The number of aromatic carboxylic acids is 1. The second-order valence-corrected chi connectivity index (χ2v) is 6.40. The fourth-order valence-electron chi connectivity index (χ4n) is 3.39. The second kappa shape index (κ2) is 7.53. The summed E-state index contributed by atoms with van der Waals surface area (Å²) in [7, 11) is 1.48. The molecular formula is C19H22N2O4. The maximum absolute atomic E-state index is 11.9. The molecule has 3 rings (SSSR count). The van der Waals surface area contributed by atoms with Gasteiger partial charge >= 0.3 is 5.97 Å². The number of benzene rings is 1. The number of methoxy groups -OCH3 is 1. The first-order valence-electron chi connectivity index (χ1n) is 8.38. The van der Waals surface area contributed by atoms with E-state index < -0.39 is 5.97 Å². The average molecular weight is 342 g/mol. The van der Waals surface area contributed by atoms with Crippen molar-refractivity contribution >= 4 is 5.97 Å². The smallest absolute Gasteiger partial charge is 0.335 e. The SMILES string of the molecule is COc1c[nH]c(CN2CCC[C@@H](c3cccc(C(=O)O)c3)C2)cc1=O. The highest BCUT2D eigenvalue weighted by atomic mass is 16.5. The van der Waals surface area contributed by atoms with Crippen LogP contribution in [0.4, 0.5) is 0 Å². The summed E-state index contributed by atoms with van der Waals surface area (Å²) < 4.78 is 4.99. The van der Waals surface area contributed by atoms with Crippen molar-refractivity contribution in [3.05, 3.63) is 63.6 Å². The number of nitrogens with one attached hydrogen (secondary N) is 1. The van der Waals surface area contributed by atoms with Crippen LogP contribution in [0.25, 0.3) is 0 Å². The van der Waals surface area contributed by atoms with Crippen LogP contribution in [0.2, 0.25) is 0 Å². The van der Waals surface area contributed by atoms with Crippen LogP contribution in [0.1, 0.15) is 40.4 Å².